The number of carboxylic acids is 1. The Balaban J connectivity index is 1.21. The lowest BCUT2D eigenvalue weighted by Crippen LogP contribution is -2.31. The minimum absolute atomic E-state index is 0.0804. The smallest absolute Gasteiger partial charge is 0.414 e. The van der Waals surface area contributed by atoms with Gasteiger partial charge in [-0.2, -0.15) is 4.98 Å². The quantitative estimate of drug-likeness (QED) is 0.514. The van der Waals surface area contributed by atoms with Crippen molar-refractivity contribution in [2.45, 2.75) is 19.8 Å². The van der Waals surface area contributed by atoms with E-state index in [9.17, 15) is 19.5 Å². The van der Waals surface area contributed by atoms with Crippen LogP contribution in [0.2, 0.25) is 0 Å². The number of H-pyrrole nitrogens is 1. The van der Waals surface area contributed by atoms with Gasteiger partial charge in [0.25, 0.3) is 11.9 Å². The van der Waals surface area contributed by atoms with Crippen molar-refractivity contribution in [1.82, 2.24) is 20.1 Å². The summed E-state index contributed by atoms with van der Waals surface area (Å²) in [5.74, 6) is -2.36. The summed E-state index contributed by atoms with van der Waals surface area (Å²) >= 11 is 0. The first kappa shape index (κ1) is 22.6. The summed E-state index contributed by atoms with van der Waals surface area (Å²) in [4.78, 5) is 42.2. The number of aromatic amines is 1. The Bertz CT molecular complexity index is 1270. The van der Waals surface area contributed by atoms with Crippen LogP contribution in [0.3, 0.4) is 0 Å². The number of hydrogen-bond donors (Lipinski definition) is 3. The van der Waals surface area contributed by atoms with E-state index in [-0.39, 0.29) is 37.4 Å². The molecule has 1 aromatic heterocycles. The summed E-state index contributed by atoms with van der Waals surface area (Å²) in [6.45, 7) is 4.11. The van der Waals surface area contributed by atoms with Crippen molar-refractivity contribution >= 4 is 23.9 Å². The maximum absolute atomic E-state index is 12.8. The highest BCUT2D eigenvalue weighted by Gasteiger charge is 2.46. The van der Waals surface area contributed by atoms with Gasteiger partial charge in [0, 0.05) is 19.0 Å². The average Bonchev–Trinajstić information content (AvgIpc) is 3.51. The molecule has 1 aliphatic heterocycles. The number of fused-ring (bicyclic) bond motifs is 3. The number of rotatable bonds is 5. The molecule has 2 aromatic carbocycles. The second-order valence-electron chi connectivity index (χ2n) is 9.52. The molecule has 2 amide bonds. The molecule has 0 spiro atoms. The molecule has 35 heavy (non-hydrogen) atoms. The van der Waals surface area contributed by atoms with E-state index >= 15 is 0 Å². The standard InChI is InChI=1S/C25H25N5O5/c1-25(2)13-30(11-19(25)22(32)33)21(31)20-26-23(29-28-20)27-24(34)35-12-18-16-9-5-3-7-14(16)15-8-4-6-10-17(15)18/h3-10,18-19H,11-13H2,1-2H3,(H,32,33)(H2,26,27,28,29,34). The molecule has 1 saturated heterocycles. The molecule has 1 atom stereocenters. The van der Waals surface area contributed by atoms with Gasteiger partial charge < -0.3 is 14.7 Å². The lowest BCUT2D eigenvalue weighted by atomic mass is 9.82. The molecule has 0 bridgehead atoms. The van der Waals surface area contributed by atoms with Gasteiger partial charge in [-0.25, -0.2) is 4.79 Å². The van der Waals surface area contributed by atoms with Crippen molar-refractivity contribution in [2.75, 3.05) is 25.0 Å². The number of carboxylic acid groups (broad SMARTS) is 1. The van der Waals surface area contributed by atoms with Crippen LogP contribution < -0.4 is 5.32 Å². The molecule has 10 heteroatoms. The largest absolute Gasteiger partial charge is 0.481 e. The maximum Gasteiger partial charge on any atom is 0.414 e. The number of nitrogens with one attached hydrogen (secondary N) is 2. The van der Waals surface area contributed by atoms with Crippen LogP contribution in [0.1, 0.15) is 41.5 Å². The highest BCUT2D eigenvalue weighted by molar-refractivity contribution is 5.92. The highest BCUT2D eigenvalue weighted by atomic mass is 16.5. The summed E-state index contributed by atoms with van der Waals surface area (Å²) in [5.41, 5.74) is 3.89. The van der Waals surface area contributed by atoms with Gasteiger partial charge in [0.1, 0.15) is 6.61 Å². The number of anilines is 1. The second kappa shape index (κ2) is 8.53. The summed E-state index contributed by atoms with van der Waals surface area (Å²) in [6, 6.07) is 16.1. The number of carbonyl (C=O) groups is 3. The summed E-state index contributed by atoms with van der Waals surface area (Å²) in [7, 11) is 0. The molecule has 180 valence electrons. The van der Waals surface area contributed by atoms with E-state index in [0.717, 1.165) is 22.3 Å². The molecule has 3 aromatic rings. The SMILES string of the molecule is CC1(C)CN(C(=O)c2nc(NC(=O)OCC3c4ccccc4-c4ccccc43)n[nH]2)CC1C(=O)O. The number of likely N-dealkylation sites (tertiary alicyclic amines) is 1. The second-order valence-corrected chi connectivity index (χ2v) is 9.52. The fourth-order valence-electron chi connectivity index (χ4n) is 4.99. The number of hydrogen-bond acceptors (Lipinski definition) is 6. The predicted octanol–water partition coefficient (Wildman–Crippen LogP) is 3.35. The van der Waals surface area contributed by atoms with Crippen LogP contribution in [0.25, 0.3) is 11.1 Å². The first-order valence-electron chi connectivity index (χ1n) is 11.3. The summed E-state index contributed by atoms with van der Waals surface area (Å²) < 4.78 is 5.48. The Labute approximate surface area is 201 Å². The van der Waals surface area contributed by atoms with Gasteiger partial charge in [0.2, 0.25) is 5.82 Å². The van der Waals surface area contributed by atoms with Gasteiger partial charge in [-0.3, -0.25) is 20.0 Å². The fraction of sp³-hybridized carbons (Fsp3) is 0.320. The Morgan fingerprint density at radius 3 is 2.34 bits per heavy atom. The third-order valence-electron chi connectivity index (χ3n) is 6.78. The summed E-state index contributed by atoms with van der Waals surface area (Å²) in [6.07, 6.45) is -0.738. The van der Waals surface area contributed by atoms with Gasteiger partial charge >= 0.3 is 12.1 Å². The Kier molecular flexibility index (Phi) is 5.50. The van der Waals surface area contributed by atoms with Crippen LogP contribution >= 0.6 is 0 Å². The van der Waals surface area contributed by atoms with Crippen molar-refractivity contribution in [3.8, 4) is 11.1 Å². The first-order chi connectivity index (χ1) is 16.7. The normalized spacial score (nSPS) is 18.1. The lowest BCUT2D eigenvalue weighted by molar-refractivity contribution is -0.143. The molecule has 1 aliphatic carbocycles. The average molecular weight is 476 g/mol. The van der Waals surface area contributed by atoms with E-state index in [0.29, 0.717) is 0 Å². The van der Waals surface area contributed by atoms with Crippen LogP contribution in [0.15, 0.2) is 48.5 Å². The Morgan fingerprint density at radius 1 is 1.11 bits per heavy atom. The molecule has 1 fully saturated rings. The molecule has 1 unspecified atom stereocenters. The van der Waals surface area contributed by atoms with Gasteiger partial charge in [0.05, 0.1) is 5.92 Å². The molecule has 0 saturated carbocycles. The zero-order valence-electron chi connectivity index (χ0n) is 19.3. The number of benzene rings is 2. The number of amides is 2. The molecule has 5 rings (SSSR count). The molecule has 0 radical (unpaired) electrons. The third-order valence-corrected chi connectivity index (χ3v) is 6.78. The number of aliphatic carboxylic acids is 1. The summed E-state index contributed by atoms with van der Waals surface area (Å²) in [5, 5.41) is 18.3. The minimum atomic E-state index is -0.944. The molecule has 2 aliphatic rings. The molecule has 3 N–H and O–H groups in total. The van der Waals surface area contributed by atoms with Gasteiger partial charge in [-0.15, -0.1) is 5.10 Å². The highest BCUT2D eigenvalue weighted by Crippen LogP contribution is 2.44. The topological polar surface area (TPSA) is 138 Å². The molecule has 10 nitrogen and oxygen atoms in total. The van der Waals surface area contributed by atoms with Crippen molar-refractivity contribution in [3.05, 3.63) is 65.5 Å². The van der Waals surface area contributed by atoms with Crippen LogP contribution in [0, 0.1) is 11.3 Å². The minimum Gasteiger partial charge on any atom is -0.481 e. The lowest BCUT2D eigenvalue weighted by Gasteiger charge is -2.21. The van der Waals surface area contributed by atoms with Gasteiger partial charge in [-0.05, 0) is 27.7 Å². The number of nitrogens with zero attached hydrogens (tertiary/aromatic N) is 3. The zero-order valence-corrected chi connectivity index (χ0v) is 19.3. The fourth-order valence-corrected chi connectivity index (χ4v) is 4.99. The molecular formula is C25H25N5O5. The van der Waals surface area contributed by atoms with Crippen molar-refractivity contribution in [1.29, 1.82) is 0 Å². The molecule has 2 heterocycles. The molecular weight excluding hydrogens is 450 g/mol. The van der Waals surface area contributed by atoms with Crippen molar-refractivity contribution in [2.24, 2.45) is 11.3 Å². The van der Waals surface area contributed by atoms with E-state index < -0.39 is 29.3 Å². The number of aromatic nitrogens is 3. The van der Waals surface area contributed by atoms with E-state index in [1.807, 2.05) is 50.2 Å². The first-order valence-corrected chi connectivity index (χ1v) is 11.3. The predicted molar refractivity (Wildman–Crippen MR) is 126 cm³/mol. The monoisotopic (exact) mass is 475 g/mol. The van der Waals surface area contributed by atoms with E-state index in [1.165, 1.54) is 4.90 Å². The van der Waals surface area contributed by atoms with Gasteiger partial charge in [0.15, 0.2) is 0 Å². The van der Waals surface area contributed by atoms with Crippen LogP contribution in [0.5, 0.6) is 0 Å². The Hall–Kier alpha value is -4.21. The van der Waals surface area contributed by atoms with Crippen molar-refractivity contribution < 1.29 is 24.2 Å². The number of carbonyl (C=O) groups excluding carboxylic acids is 2. The zero-order chi connectivity index (χ0) is 24.7. The van der Waals surface area contributed by atoms with Crippen LogP contribution in [-0.4, -0.2) is 62.9 Å². The van der Waals surface area contributed by atoms with Gasteiger partial charge in [-0.1, -0.05) is 62.4 Å². The number of ether oxygens (including phenoxy) is 1. The van der Waals surface area contributed by atoms with Crippen molar-refractivity contribution in [3.63, 3.8) is 0 Å². The van der Waals surface area contributed by atoms with Crippen LogP contribution in [-0.2, 0) is 9.53 Å². The van der Waals surface area contributed by atoms with E-state index in [2.05, 4.69) is 32.6 Å². The Morgan fingerprint density at radius 2 is 1.74 bits per heavy atom. The van der Waals surface area contributed by atoms with E-state index in [1.54, 1.807) is 0 Å². The van der Waals surface area contributed by atoms with E-state index in [4.69, 9.17) is 4.74 Å². The maximum atomic E-state index is 12.8. The van der Waals surface area contributed by atoms with Crippen LogP contribution in [0.4, 0.5) is 10.7 Å². The third kappa shape index (κ3) is 4.11.